The van der Waals surface area contributed by atoms with E-state index in [0.717, 1.165) is 60.0 Å². The van der Waals surface area contributed by atoms with Crippen LogP contribution in [-0.4, -0.2) is 28.7 Å². The molecule has 0 aliphatic carbocycles. The van der Waals surface area contributed by atoms with Gasteiger partial charge in [-0.25, -0.2) is 0 Å². The zero-order valence-corrected chi connectivity index (χ0v) is 16.5. The number of hydrogen-bond donors (Lipinski definition) is 1. The quantitative estimate of drug-likeness (QED) is 0.445. The molecule has 0 amide bonds. The molecule has 4 rings (SSSR count). The van der Waals surface area contributed by atoms with Crippen molar-refractivity contribution in [3.05, 3.63) is 84.7 Å². The van der Waals surface area contributed by atoms with E-state index in [1.54, 1.807) is 10.6 Å². The van der Waals surface area contributed by atoms with Gasteiger partial charge in [-0.3, -0.25) is 9.36 Å². The van der Waals surface area contributed by atoms with Crippen LogP contribution in [0.2, 0.25) is 0 Å². The van der Waals surface area contributed by atoms with E-state index in [0.29, 0.717) is 0 Å². The van der Waals surface area contributed by atoms with Gasteiger partial charge in [-0.15, -0.1) is 0 Å². The van der Waals surface area contributed by atoms with E-state index in [1.165, 1.54) is 0 Å². The molecule has 148 valence electrons. The summed E-state index contributed by atoms with van der Waals surface area (Å²) in [5, 5.41) is 9.98. The molecule has 4 nitrogen and oxygen atoms in total. The van der Waals surface area contributed by atoms with Crippen LogP contribution >= 0.6 is 0 Å². The van der Waals surface area contributed by atoms with Crippen molar-refractivity contribution < 1.29 is 9.90 Å². The van der Waals surface area contributed by atoms with Crippen LogP contribution in [0.3, 0.4) is 0 Å². The van der Waals surface area contributed by atoms with Crippen molar-refractivity contribution in [3.8, 4) is 0 Å². The molecule has 0 saturated heterocycles. The maximum atomic E-state index is 13.0. The molecular weight excluding hydrogens is 360 g/mol. The van der Waals surface area contributed by atoms with Crippen molar-refractivity contribution >= 4 is 28.1 Å². The number of rotatable bonds is 7. The number of aliphatic hydroxyl groups excluding tert-OH is 1. The Kier molecular flexibility index (Phi) is 5.92. The molecule has 1 aliphatic rings. The van der Waals surface area contributed by atoms with Crippen LogP contribution in [0.5, 0.6) is 0 Å². The van der Waals surface area contributed by atoms with Crippen LogP contribution in [0.15, 0.2) is 79.1 Å². The van der Waals surface area contributed by atoms with Crippen LogP contribution in [0.1, 0.15) is 36.0 Å². The van der Waals surface area contributed by atoms with Gasteiger partial charge in [0.15, 0.2) is 0 Å². The molecule has 0 atom stereocenters. The van der Waals surface area contributed by atoms with E-state index in [2.05, 4.69) is 23.2 Å². The van der Waals surface area contributed by atoms with Gasteiger partial charge >= 0.3 is 0 Å². The number of hydrogen-bond acceptors (Lipinski definition) is 3. The monoisotopic (exact) mass is 386 g/mol. The number of allylic oxidation sites excluding steroid dienone is 3. The molecule has 0 fully saturated rings. The normalized spacial score (nSPS) is 14.5. The number of aliphatic hydroxyl groups is 1. The highest BCUT2D eigenvalue weighted by Gasteiger charge is 2.17. The Morgan fingerprint density at radius 1 is 0.931 bits per heavy atom. The molecule has 0 radical (unpaired) electrons. The molecule has 0 unspecified atom stereocenters. The summed E-state index contributed by atoms with van der Waals surface area (Å²) >= 11 is 0. The minimum absolute atomic E-state index is 0.0434. The third kappa shape index (κ3) is 4.17. The second-order valence-electron chi connectivity index (χ2n) is 7.35. The first-order valence-electron chi connectivity index (χ1n) is 10.2. The molecule has 29 heavy (non-hydrogen) atoms. The first-order chi connectivity index (χ1) is 14.3. The Balaban J connectivity index is 1.56. The maximum absolute atomic E-state index is 13.0. The second-order valence-corrected chi connectivity index (χ2v) is 7.35. The van der Waals surface area contributed by atoms with Gasteiger partial charge in [0.2, 0.25) is 0 Å². The molecule has 3 aromatic rings. The predicted molar refractivity (Wildman–Crippen MR) is 119 cm³/mol. The second kappa shape index (κ2) is 8.93. The fraction of sp³-hybridized carbons (Fsp3) is 0.240. The molecular formula is C25H26N2O2. The first kappa shape index (κ1) is 19.2. The van der Waals surface area contributed by atoms with E-state index in [1.807, 2.05) is 54.7 Å². The average molecular weight is 386 g/mol. The standard InChI is InChI=1S/C25H26N2O2/c28-18-8-2-1-7-15-26-16-13-21(22-10-4-6-12-24(22)26)19-25(29)27-17-14-20-9-3-5-11-23(20)27/h3-6,9-14,16-17,19,28H,1-2,7-8,15,18H2/b21-19+. The van der Waals surface area contributed by atoms with Crippen LogP contribution in [-0.2, 0) is 0 Å². The lowest BCUT2D eigenvalue weighted by molar-refractivity contribution is 0.0974. The first-order valence-corrected chi connectivity index (χ1v) is 10.2. The molecule has 2 heterocycles. The zero-order chi connectivity index (χ0) is 20.1. The largest absolute Gasteiger partial charge is 0.396 e. The highest BCUT2D eigenvalue weighted by molar-refractivity contribution is 6.05. The number of benzene rings is 2. The van der Waals surface area contributed by atoms with E-state index in [4.69, 9.17) is 5.11 Å². The van der Waals surface area contributed by atoms with E-state index >= 15 is 0 Å². The molecule has 0 spiro atoms. The van der Waals surface area contributed by atoms with Crippen molar-refractivity contribution in [1.29, 1.82) is 0 Å². The Hall–Kier alpha value is -3.11. The maximum Gasteiger partial charge on any atom is 0.255 e. The van der Waals surface area contributed by atoms with Crippen LogP contribution in [0.25, 0.3) is 16.5 Å². The summed E-state index contributed by atoms with van der Waals surface area (Å²) in [6.45, 7) is 1.20. The van der Waals surface area contributed by atoms with Gasteiger partial charge in [-0.05, 0) is 42.7 Å². The highest BCUT2D eigenvalue weighted by atomic mass is 16.2. The van der Waals surface area contributed by atoms with Gasteiger partial charge in [0.25, 0.3) is 5.91 Å². The predicted octanol–water partition coefficient (Wildman–Crippen LogP) is 5.25. The summed E-state index contributed by atoms with van der Waals surface area (Å²) in [6.07, 6.45) is 11.8. The Bertz CT molecular complexity index is 1060. The molecule has 1 aromatic heterocycles. The summed E-state index contributed by atoms with van der Waals surface area (Å²) in [5.41, 5.74) is 4.07. The number of unbranched alkanes of at least 4 members (excludes halogenated alkanes) is 3. The van der Waals surface area contributed by atoms with Gasteiger partial charge in [0, 0.05) is 48.3 Å². The number of fused-ring (bicyclic) bond motifs is 2. The van der Waals surface area contributed by atoms with Gasteiger partial charge in [-0.1, -0.05) is 49.2 Å². The van der Waals surface area contributed by atoms with Crippen LogP contribution in [0, 0.1) is 0 Å². The SMILES string of the molecule is O=C(/C=C1\C=CN(CCCCCCO)c2ccccc21)n1ccc2ccccc21. The van der Waals surface area contributed by atoms with E-state index < -0.39 is 0 Å². The topological polar surface area (TPSA) is 45.5 Å². The smallest absolute Gasteiger partial charge is 0.255 e. The lowest BCUT2D eigenvalue weighted by Gasteiger charge is -2.27. The molecule has 1 aliphatic heterocycles. The number of carbonyl (C=O) groups is 1. The Morgan fingerprint density at radius 2 is 1.72 bits per heavy atom. The third-order valence-corrected chi connectivity index (χ3v) is 5.38. The van der Waals surface area contributed by atoms with Gasteiger partial charge in [-0.2, -0.15) is 0 Å². The number of anilines is 1. The fourth-order valence-corrected chi connectivity index (χ4v) is 3.85. The molecule has 0 bridgehead atoms. The molecule has 4 heteroatoms. The summed E-state index contributed by atoms with van der Waals surface area (Å²) in [7, 11) is 0. The van der Waals surface area contributed by atoms with E-state index in [9.17, 15) is 4.79 Å². The summed E-state index contributed by atoms with van der Waals surface area (Å²) < 4.78 is 1.70. The van der Waals surface area contributed by atoms with Gasteiger partial charge in [0.1, 0.15) is 0 Å². The summed E-state index contributed by atoms with van der Waals surface area (Å²) in [5.74, 6) is -0.0434. The minimum Gasteiger partial charge on any atom is -0.396 e. The highest BCUT2D eigenvalue weighted by Crippen LogP contribution is 2.33. The molecule has 0 saturated carbocycles. The van der Waals surface area contributed by atoms with Crippen LogP contribution in [0.4, 0.5) is 5.69 Å². The van der Waals surface area contributed by atoms with E-state index in [-0.39, 0.29) is 12.5 Å². The summed E-state index contributed by atoms with van der Waals surface area (Å²) in [6, 6.07) is 18.1. The third-order valence-electron chi connectivity index (χ3n) is 5.38. The number of aromatic nitrogens is 1. The summed E-state index contributed by atoms with van der Waals surface area (Å²) in [4.78, 5) is 15.2. The zero-order valence-electron chi connectivity index (χ0n) is 16.5. The van der Waals surface area contributed by atoms with Gasteiger partial charge in [0.05, 0.1) is 5.52 Å². The van der Waals surface area contributed by atoms with Crippen molar-refractivity contribution in [2.45, 2.75) is 25.7 Å². The minimum atomic E-state index is -0.0434. The number of carbonyl (C=O) groups excluding carboxylic acids is 1. The van der Waals surface area contributed by atoms with Crippen molar-refractivity contribution in [1.82, 2.24) is 4.57 Å². The lowest BCUT2D eigenvalue weighted by atomic mass is 9.99. The van der Waals surface area contributed by atoms with Gasteiger partial charge < -0.3 is 10.0 Å². The van der Waals surface area contributed by atoms with Crippen molar-refractivity contribution in [2.24, 2.45) is 0 Å². The van der Waals surface area contributed by atoms with Crippen LogP contribution < -0.4 is 4.90 Å². The molecule has 2 aromatic carbocycles. The number of nitrogens with zero attached hydrogens (tertiary/aromatic N) is 2. The fourth-order valence-electron chi connectivity index (χ4n) is 3.85. The van der Waals surface area contributed by atoms with Crippen molar-refractivity contribution in [2.75, 3.05) is 18.1 Å². The lowest BCUT2D eigenvalue weighted by Crippen LogP contribution is -2.21. The number of para-hydroxylation sites is 2. The Morgan fingerprint density at radius 3 is 2.62 bits per heavy atom. The Labute approximate surface area is 171 Å². The molecule has 1 N–H and O–H groups in total. The van der Waals surface area contributed by atoms with Crippen molar-refractivity contribution in [3.63, 3.8) is 0 Å². The average Bonchev–Trinajstić information content (AvgIpc) is 3.19.